The molecule has 200 valence electrons. The van der Waals surface area contributed by atoms with Crippen molar-refractivity contribution < 1.29 is 26.3 Å². The summed E-state index contributed by atoms with van der Waals surface area (Å²) in [6, 6.07) is 9.49. The van der Waals surface area contributed by atoms with Crippen LogP contribution in [0.3, 0.4) is 0 Å². The number of nitrogens with zero attached hydrogens (tertiary/aromatic N) is 3. The molecule has 2 aromatic carbocycles. The second kappa shape index (κ2) is 10.6. The zero-order chi connectivity index (χ0) is 27.8. The molecule has 6 nitrogen and oxygen atoms in total. The Hall–Kier alpha value is -2.99. The minimum absolute atomic E-state index is 0.00759. The summed E-state index contributed by atoms with van der Waals surface area (Å²) in [6.07, 6.45) is 1.52. The summed E-state index contributed by atoms with van der Waals surface area (Å²) in [5.41, 5.74) is 0.141. The van der Waals surface area contributed by atoms with Gasteiger partial charge >= 0.3 is 0 Å². The summed E-state index contributed by atoms with van der Waals surface area (Å²) in [5, 5.41) is 0.950. The van der Waals surface area contributed by atoms with Crippen LogP contribution in [0.4, 0.5) is 18.9 Å². The van der Waals surface area contributed by atoms with E-state index < -0.39 is 44.8 Å². The van der Waals surface area contributed by atoms with Gasteiger partial charge in [0.25, 0.3) is 10.0 Å². The van der Waals surface area contributed by atoms with Crippen molar-refractivity contribution in [3.05, 3.63) is 82.3 Å². The average Bonchev–Trinajstić information content (AvgIpc) is 3.30. The average molecular weight is 582 g/mol. The van der Waals surface area contributed by atoms with Crippen LogP contribution in [0.2, 0.25) is 5.15 Å². The van der Waals surface area contributed by atoms with E-state index in [0.29, 0.717) is 31.9 Å². The van der Waals surface area contributed by atoms with Crippen molar-refractivity contribution in [3.8, 4) is 21.7 Å². The van der Waals surface area contributed by atoms with Crippen LogP contribution in [0.15, 0.2) is 59.6 Å². The van der Waals surface area contributed by atoms with Crippen molar-refractivity contribution in [2.45, 2.75) is 31.1 Å². The smallest absolute Gasteiger partial charge is 0.269 e. The highest BCUT2D eigenvalue weighted by Crippen LogP contribution is 2.43. The van der Waals surface area contributed by atoms with Gasteiger partial charge in [-0.25, -0.2) is 35.9 Å². The summed E-state index contributed by atoms with van der Waals surface area (Å²) in [5.74, 6) is -3.08. The third kappa shape index (κ3) is 5.42. The molecule has 2 aromatic heterocycles. The lowest BCUT2D eigenvalue weighted by Crippen LogP contribution is -2.34. The number of anilines is 1. The molecular formula is C26H23ClF3N3O3S2. The molecule has 0 bridgehead atoms. The maximum absolute atomic E-state index is 16.2. The van der Waals surface area contributed by atoms with E-state index >= 15 is 4.39 Å². The van der Waals surface area contributed by atoms with Crippen molar-refractivity contribution in [1.29, 1.82) is 0 Å². The number of hydrogen-bond acceptors (Lipinski definition) is 6. The maximum atomic E-state index is 16.2. The molecule has 0 atom stereocenters. The molecule has 0 radical (unpaired) electrons. The van der Waals surface area contributed by atoms with Crippen molar-refractivity contribution >= 4 is 38.6 Å². The third-order valence-corrected chi connectivity index (χ3v) is 8.96. The number of halogens is 4. The highest BCUT2D eigenvalue weighted by molar-refractivity contribution is 7.92. The van der Waals surface area contributed by atoms with Crippen LogP contribution in [0, 0.1) is 17.5 Å². The van der Waals surface area contributed by atoms with Gasteiger partial charge in [-0.3, -0.25) is 0 Å². The number of pyridine rings is 1. The van der Waals surface area contributed by atoms with Gasteiger partial charge in [-0.05, 0) is 48.0 Å². The van der Waals surface area contributed by atoms with Gasteiger partial charge in [-0.15, -0.1) is 11.3 Å². The normalized spacial score (nSPS) is 12.1. The Balaban J connectivity index is 1.93. The molecular weight excluding hydrogens is 559 g/mol. The van der Waals surface area contributed by atoms with Crippen molar-refractivity contribution in [2.75, 3.05) is 18.1 Å². The summed E-state index contributed by atoms with van der Waals surface area (Å²) < 4.78 is 76.9. The predicted octanol–water partition coefficient (Wildman–Crippen LogP) is 7.04. The minimum Gasteiger partial charge on any atom is -0.363 e. The van der Waals surface area contributed by atoms with Crippen LogP contribution in [0.1, 0.15) is 25.8 Å². The van der Waals surface area contributed by atoms with Crippen molar-refractivity contribution in [3.63, 3.8) is 0 Å². The topological polar surface area (TPSA) is 72.4 Å². The Labute approximate surface area is 227 Å². The maximum Gasteiger partial charge on any atom is 0.269 e. The minimum atomic E-state index is -4.77. The number of sulfonamides is 1. The first-order chi connectivity index (χ1) is 17.8. The van der Waals surface area contributed by atoms with Gasteiger partial charge in [0.15, 0.2) is 5.82 Å². The van der Waals surface area contributed by atoms with Gasteiger partial charge in [0, 0.05) is 24.3 Å². The summed E-state index contributed by atoms with van der Waals surface area (Å²) in [4.78, 5) is 8.37. The molecule has 0 aliphatic heterocycles. The fourth-order valence-electron chi connectivity index (χ4n) is 3.64. The Bertz CT molecular complexity index is 1610. The van der Waals surface area contributed by atoms with E-state index in [-0.39, 0.29) is 21.8 Å². The zero-order valence-corrected chi connectivity index (χ0v) is 23.2. The second-order valence-corrected chi connectivity index (χ2v) is 12.5. The second-order valence-electron chi connectivity index (χ2n) is 9.30. The molecule has 2 heterocycles. The Kier molecular flexibility index (Phi) is 7.85. The van der Waals surface area contributed by atoms with E-state index in [4.69, 9.17) is 21.3 Å². The highest BCUT2D eigenvalue weighted by Gasteiger charge is 2.32. The zero-order valence-electron chi connectivity index (χ0n) is 20.8. The molecule has 0 spiro atoms. The number of ether oxygens (including phenoxy) is 1. The van der Waals surface area contributed by atoms with Crippen LogP contribution in [-0.4, -0.2) is 32.2 Å². The van der Waals surface area contributed by atoms with Gasteiger partial charge in [0.05, 0.1) is 21.3 Å². The summed E-state index contributed by atoms with van der Waals surface area (Å²) in [7, 11) is -3.57. The number of hydrogen-bond donors (Lipinski definition) is 0. The lowest BCUT2D eigenvalue weighted by Gasteiger charge is -2.25. The molecule has 0 saturated heterocycles. The molecule has 0 saturated carbocycles. The summed E-state index contributed by atoms with van der Waals surface area (Å²) in [6.45, 7) is 5.24. The van der Waals surface area contributed by atoms with Crippen LogP contribution >= 0.6 is 22.9 Å². The first kappa shape index (κ1) is 28.0. The lowest BCUT2D eigenvalue weighted by molar-refractivity contribution is 0.209. The van der Waals surface area contributed by atoms with Gasteiger partial charge in [-0.1, -0.05) is 38.4 Å². The van der Waals surface area contributed by atoms with Gasteiger partial charge in [0.2, 0.25) is 0 Å². The molecule has 0 N–H and O–H groups in total. The monoisotopic (exact) mass is 581 g/mol. The van der Waals surface area contributed by atoms with Crippen LogP contribution in [-0.2, 0) is 20.2 Å². The molecule has 0 amide bonds. The quantitative estimate of drug-likeness (QED) is 0.173. The molecule has 0 aliphatic rings. The fraction of sp³-hybridized carbons (Fsp3) is 0.231. The van der Waals surface area contributed by atoms with E-state index in [1.807, 2.05) is 20.8 Å². The Morgan fingerprint density at radius 3 is 2.47 bits per heavy atom. The molecule has 12 heteroatoms. The molecule has 0 fully saturated rings. The van der Waals surface area contributed by atoms with Gasteiger partial charge in [-0.2, -0.15) is 0 Å². The Morgan fingerprint density at radius 2 is 1.82 bits per heavy atom. The van der Waals surface area contributed by atoms with E-state index in [2.05, 4.69) is 4.98 Å². The first-order valence-electron chi connectivity index (χ1n) is 11.2. The van der Waals surface area contributed by atoms with E-state index in [9.17, 15) is 17.2 Å². The predicted molar refractivity (Wildman–Crippen MR) is 142 cm³/mol. The van der Waals surface area contributed by atoms with Crippen LogP contribution in [0.5, 0.6) is 0 Å². The molecule has 4 aromatic rings. The third-order valence-electron chi connectivity index (χ3n) is 5.47. The van der Waals surface area contributed by atoms with Crippen molar-refractivity contribution in [1.82, 2.24) is 9.97 Å². The largest absolute Gasteiger partial charge is 0.363 e. The van der Waals surface area contributed by atoms with Gasteiger partial charge in [0.1, 0.15) is 28.4 Å². The SMILES string of the molecule is COCN(c1cccc(-c2nc(C(C)(C)C)sc2-c2ccnc(Cl)c2)c1F)S(=O)(=O)c1cc(F)ccc1F. The highest BCUT2D eigenvalue weighted by atomic mass is 35.5. The Morgan fingerprint density at radius 1 is 1.08 bits per heavy atom. The molecule has 0 unspecified atom stereocenters. The van der Waals surface area contributed by atoms with Gasteiger partial charge < -0.3 is 4.74 Å². The molecule has 0 aliphatic carbocycles. The van der Waals surface area contributed by atoms with E-state index in [1.165, 1.54) is 42.8 Å². The van der Waals surface area contributed by atoms with Crippen molar-refractivity contribution in [2.24, 2.45) is 0 Å². The van der Waals surface area contributed by atoms with E-state index in [0.717, 1.165) is 6.07 Å². The lowest BCUT2D eigenvalue weighted by atomic mass is 9.98. The standard InChI is InChI=1S/C26H23ClF3N3O3S2/c1-26(2,3)25-32-23(24(37-25)15-10-11-31-21(27)12-15)17-6-5-7-19(22(17)30)33(14-36-4)38(34,35)20-13-16(28)8-9-18(20)29/h5-13H,14H2,1-4H3. The molecule has 38 heavy (non-hydrogen) atoms. The number of benzene rings is 2. The van der Waals surface area contributed by atoms with Crippen LogP contribution in [0.25, 0.3) is 21.7 Å². The summed E-state index contributed by atoms with van der Waals surface area (Å²) >= 11 is 7.46. The van der Waals surface area contributed by atoms with E-state index in [1.54, 1.807) is 12.1 Å². The fourth-order valence-corrected chi connectivity index (χ4v) is 6.40. The van der Waals surface area contributed by atoms with Crippen LogP contribution < -0.4 is 4.31 Å². The molecule has 4 rings (SSSR count). The number of thiazole rings is 1. The number of rotatable bonds is 7. The number of methoxy groups -OCH3 is 1. The number of aromatic nitrogens is 2. The first-order valence-corrected chi connectivity index (χ1v) is 13.9.